The van der Waals surface area contributed by atoms with Crippen molar-refractivity contribution in [1.82, 2.24) is 9.88 Å². The van der Waals surface area contributed by atoms with Gasteiger partial charge in [0.15, 0.2) is 0 Å². The average molecular weight is 519 g/mol. The van der Waals surface area contributed by atoms with Crippen LogP contribution in [0.3, 0.4) is 0 Å². The van der Waals surface area contributed by atoms with Crippen molar-refractivity contribution in [1.29, 1.82) is 5.26 Å². The van der Waals surface area contributed by atoms with Crippen molar-refractivity contribution in [2.24, 2.45) is 0 Å². The number of anilines is 1. The van der Waals surface area contributed by atoms with E-state index in [0.717, 1.165) is 80.6 Å². The van der Waals surface area contributed by atoms with Crippen molar-refractivity contribution < 1.29 is 19.4 Å². The van der Waals surface area contributed by atoms with Gasteiger partial charge in [0.2, 0.25) is 0 Å². The molecule has 0 saturated carbocycles. The van der Waals surface area contributed by atoms with Gasteiger partial charge in [0.1, 0.15) is 11.9 Å². The number of benzene rings is 1. The molecule has 4 heterocycles. The second-order valence-electron chi connectivity index (χ2n) is 10.6. The number of carboxylic acids is 1. The van der Waals surface area contributed by atoms with E-state index in [1.807, 2.05) is 17.0 Å². The molecule has 3 atom stereocenters. The smallest absolute Gasteiger partial charge is 0.325 e. The van der Waals surface area contributed by atoms with Crippen LogP contribution in [0.15, 0.2) is 30.3 Å². The monoisotopic (exact) mass is 518 g/mol. The minimum atomic E-state index is -0.876. The highest BCUT2D eigenvalue weighted by Crippen LogP contribution is 2.37. The summed E-state index contributed by atoms with van der Waals surface area (Å²) in [5.74, 6) is 0.170. The minimum Gasteiger partial charge on any atom is -0.480 e. The summed E-state index contributed by atoms with van der Waals surface area (Å²) >= 11 is 0. The molecular formula is C30H38N4O4. The maximum Gasteiger partial charge on any atom is 0.325 e. The van der Waals surface area contributed by atoms with E-state index in [0.29, 0.717) is 31.9 Å². The quantitative estimate of drug-likeness (QED) is 0.432. The Kier molecular flexibility index (Phi) is 8.90. The number of nitrogens with one attached hydrogen (secondary N) is 1. The van der Waals surface area contributed by atoms with Crippen LogP contribution in [0.1, 0.15) is 85.0 Å². The fourth-order valence-corrected chi connectivity index (χ4v) is 5.93. The molecule has 1 unspecified atom stereocenters. The van der Waals surface area contributed by atoms with Crippen molar-refractivity contribution in [3.63, 3.8) is 0 Å². The van der Waals surface area contributed by atoms with Crippen LogP contribution in [0, 0.1) is 11.3 Å². The molecule has 2 fully saturated rings. The molecular weight excluding hydrogens is 480 g/mol. The van der Waals surface area contributed by atoms with Crippen molar-refractivity contribution in [3.8, 4) is 6.07 Å². The van der Waals surface area contributed by atoms with Crippen LogP contribution in [-0.2, 0) is 27.1 Å². The number of likely N-dealkylation sites (tertiary alicyclic amines) is 1. The van der Waals surface area contributed by atoms with Gasteiger partial charge in [-0.25, -0.2) is 4.98 Å². The number of aryl methyl sites for hydroxylation is 2. The van der Waals surface area contributed by atoms with Crippen LogP contribution >= 0.6 is 0 Å². The molecule has 8 heteroatoms. The number of fused-ring (bicyclic) bond motifs is 1. The maximum atomic E-state index is 12.5. The molecule has 2 N–H and O–H groups in total. The number of unbranched alkanes of at least 4 members (excludes halogenated alkanes) is 1. The molecule has 2 aromatic rings. The summed E-state index contributed by atoms with van der Waals surface area (Å²) in [6, 6.07) is 11.1. The van der Waals surface area contributed by atoms with Crippen molar-refractivity contribution in [2.75, 3.05) is 38.2 Å². The predicted molar refractivity (Wildman–Crippen MR) is 144 cm³/mol. The Morgan fingerprint density at radius 1 is 1.24 bits per heavy atom. The Morgan fingerprint density at radius 2 is 2.16 bits per heavy atom. The molecule has 1 aromatic heterocycles. The summed E-state index contributed by atoms with van der Waals surface area (Å²) < 4.78 is 12.2. The normalized spacial score (nSPS) is 22.3. The molecule has 3 aliphatic rings. The van der Waals surface area contributed by atoms with Crippen molar-refractivity contribution in [2.45, 2.75) is 76.0 Å². The van der Waals surface area contributed by atoms with Crippen LogP contribution in [0.2, 0.25) is 0 Å². The number of aliphatic carboxylic acids is 1. The zero-order valence-corrected chi connectivity index (χ0v) is 22.0. The Balaban J connectivity index is 1.15. The second-order valence-corrected chi connectivity index (χ2v) is 10.6. The zero-order valence-electron chi connectivity index (χ0n) is 22.0. The first-order valence-electron chi connectivity index (χ1n) is 14.1. The SMILES string of the molecule is N#Cc1ccc([C@@H](C(=O)O)N2CC[C@@H](OCCCCc3ccc4c(n3)NCCC4)C2)c(C2CCCCO2)c1. The summed E-state index contributed by atoms with van der Waals surface area (Å²) in [6.45, 7) is 3.58. The number of nitrogens with zero attached hydrogens (tertiary/aromatic N) is 3. The Labute approximate surface area is 225 Å². The van der Waals surface area contributed by atoms with Crippen molar-refractivity contribution in [3.05, 3.63) is 58.3 Å². The van der Waals surface area contributed by atoms with Gasteiger partial charge >= 0.3 is 5.97 Å². The molecule has 0 amide bonds. The molecule has 5 rings (SSSR count). The highest BCUT2D eigenvalue weighted by molar-refractivity contribution is 5.76. The third kappa shape index (κ3) is 6.35. The van der Waals surface area contributed by atoms with Gasteiger partial charge < -0.3 is 19.9 Å². The molecule has 0 aliphatic carbocycles. The lowest BCUT2D eigenvalue weighted by Crippen LogP contribution is -2.34. The number of carbonyl (C=O) groups is 1. The van der Waals surface area contributed by atoms with Crippen LogP contribution in [0.25, 0.3) is 0 Å². The van der Waals surface area contributed by atoms with Gasteiger partial charge in [0.05, 0.1) is 23.8 Å². The van der Waals surface area contributed by atoms with Gasteiger partial charge in [-0.05, 0) is 92.7 Å². The number of rotatable bonds is 10. The summed E-state index contributed by atoms with van der Waals surface area (Å²) in [7, 11) is 0. The van der Waals surface area contributed by atoms with Gasteiger partial charge in [0, 0.05) is 38.5 Å². The van der Waals surface area contributed by atoms with Crippen LogP contribution < -0.4 is 5.32 Å². The van der Waals surface area contributed by atoms with Crippen LogP contribution in [-0.4, -0.2) is 59.9 Å². The van der Waals surface area contributed by atoms with Gasteiger partial charge in [0.25, 0.3) is 0 Å². The summed E-state index contributed by atoms with van der Waals surface area (Å²) in [5, 5.41) is 23.1. The highest BCUT2D eigenvalue weighted by Gasteiger charge is 2.36. The van der Waals surface area contributed by atoms with E-state index < -0.39 is 12.0 Å². The van der Waals surface area contributed by atoms with E-state index in [1.54, 1.807) is 6.07 Å². The van der Waals surface area contributed by atoms with E-state index in [2.05, 4.69) is 23.5 Å². The summed E-state index contributed by atoms with van der Waals surface area (Å²) in [4.78, 5) is 19.3. The number of ether oxygens (including phenoxy) is 2. The first-order valence-corrected chi connectivity index (χ1v) is 14.1. The molecule has 3 aliphatic heterocycles. The molecule has 38 heavy (non-hydrogen) atoms. The third-order valence-corrected chi connectivity index (χ3v) is 7.95. The lowest BCUT2D eigenvalue weighted by Gasteiger charge is -2.30. The molecule has 0 bridgehead atoms. The van der Waals surface area contributed by atoms with E-state index in [4.69, 9.17) is 14.5 Å². The second kappa shape index (κ2) is 12.7. The molecule has 1 aromatic carbocycles. The summed E-state index contributed by atoms with van der Waals surface area (Å²) in [5.41, 5.74) is 4.54. The number of aromatic nitrogens is 1. The first-order chi connectivity index (χ1) is 18.6. The summed E-state index contributed by atoms with van der Waals surface area (Å²) in [6.07, 6.45) is 8.73. The molecule has 202 valence electrons. The Morgan fingerprint density at radius 3 is 2.97 bits per heavy atom. The fourth-order valence-electron chi connectivity index (χ4n) is 5.93. The van der Waals surface area contributed by atoms with E-state index in [-0.39, 0.29) is 12.2 Å². The third-order valence-electron chi connectivity index (χ3n) is 7.95. The number of hydrogen-bond donors (Lipinski definition) is 2. The lowest BCUT2D eigenvalue weighted by molar-refractivity contribution is -0.143. The largest absolute Gasteiger partial charge is 0.480 e. The van der Waals surface area contributed by atoms with Crippen molar-refractivity contribution >= 4 is 11.8 Å². The average Bonchev–Trinajstić information content (AvgIpc) is 3.41. The van der Waals surface area contributed by atoms with Crippen LogP contribution in [0.4, 0.5) is 5.82 Å². The molecule has 0 radical (unpaired) electrons. The highest BCUT2D eigenvalue weighted by atomic mass is 16.5. The van der Waals surface area contributed by atoms with Gasteiger partial charge in [-0.3, -0.25) is 9.69 Å². The van der Waals surface area contributed by atoms with Gasteiger partial charge in [-0.1, -0.05) is 12.1 Å². The zero-order chi connectivity index (χ0) is 26.3. The van der Waals surface area contributed by atoms with E-state index >= 15 is 0 Å². The Bertz CT molecular complexity index is 1160. The molecule has 0 spiro atoms. The number of carboxylic acid groups (broad SMARTS) is 1. The number of hydrogen-bond acceptors (Lipinski definition) is 7. The first kappa shape index (κ1) is 26.6. The fraction of sp³-hybridized carbons (Fsp3) is 0.567. The molecule has 2 saturated heterocycles. The maximum absolute atomic E-state index is 12.5. The number of pyridine rings is 1. The standard InChI is InChI=1S/C30H38N4O4/c31-19-21-9-12-25(26(18-21)27-8-2-4-17-38-27)28(30(35)36)34-15-13-24(20-34)37-16-3-1-7-23-11-10-22-6-5-14-32-29(22)33-23/h9-12,18,24,27-28H,1-8,13-17,20H2,(H,32,33)(H,35,36)/t24-,27?,28+/m1/s1. The molecule has 8 nitrogen and oxygen atoms in total. The Hall–Kier alpha value is -2.99. The topological polar surface area (TPSA) is 108 Å². The van der Waals surface area contributed by atoms with Crippen LogP contribution in [0.5, 0.6) is 0 Å². The van der Waals surface area contributed by atoms with E-state index in [1.165, 1.54) is 12.0 Å². The minimum absolute atomic E-state index is 0.0238. The predicted octanol–water partition coefficient (Wildman–Crippen LogP) is 4.79. The van der Waals surface area contributed by atoms with Gasteiger partial charge in [-0.2, -0.15) is 5.26 Å². The van der Waals surface area contributed by atoms with E-state index in [9.17, 15) is 15.2 Å². The number of nitriles is 1. The lowest BCUT2D eigenvalue weighted by atomic mass is 9.90. The van der Waals surface area contributed by atoms with Gasteiger partial charge in [-0.15, -0.1) is 0 Å².